The summed E-state index contributed by atoms with van der Waals surface area (Å²) in [6, 6.07) is 14.7. The van der Waals surface area contributed by atoms with Crippen LogP contribution >= 0.6 is 0 Å². The molecule has 0 unspecified atom stereocenters. The molecule has 0 amide bonds. The van der Waals surface area contributed by atoms with Gasteiger partial charge in [0.05, 0.1) is 17.2 Å². The Hall–Kier alpha value is -3.76. The van der Waals surface area contributed by atoms with E-state index in [0.717, 1.165) is 47.5 Å². The van der Waals surface area contributed by atoms with E-state index in [0.29, 0.717) is 24.5 Å². The van der Waals surface area contributed by atoms with E-state index in [1.807, 2.05) is 0 Å². The first-order valence-electron chi connectivity index (χ1n) is 12.9. The van der Waals surface area contributed by atoms with Crippen molar-refractivity contribution >= 4 is 10.0 Å². The number of hydrogen-bond acceptors (Lipinski definition) is 5. The van der Waals surface area contributed by atoms with Gasteiger partial charge in [-0.3, -0.25) is 0 Å². The summed E-state index contributed by atoms with van der Waals surface area (Å²) < 4.78 is 82.5. The lowest BCUT2D eigenvalue weighted by molar-refractivity contribution is 0.297. The van der Waals surface area contributed by atoms with Gasteiger partial charge in [0.1, 0.15) is 35.6 Å². The van der Waals surface area contributed by atoms with Gasteiger partial charge in [-0.1, -0.05) is 25.8 Å². The van der Waals surface area contributed by atoms with E-state index in [4.69, 9.17) is 9.47 Å². The van der Waals surface area contributed by atoms with Crippen LogP contribution in [0.1, 0.15) is 37.3 Å². The molecule has 1 N–H and O–H groups in total. The van der Waals surface area contributed by atoms with Crippen molar-refractivity contribution in [3.63, 3.8) is 0 Å². The highest BCUT2D eigenvalue weighted by molar-refractivity contribution is 7.90. The van der Waals surface area contributed by atoms with Gasteiger partial charge in [0, 0.05) is 36.0 Å². The van der Waals surface area contributed by atoms with E-state index in [1.165, 1.54) is 30.5 Å². The van der Waals surface area contributed by atoms with Crippen LogP contribution in [0.4, 0.5) is 13.2 Å². The van der Waals surface area contributed by atoms with Crippen LogP contribution in [0.25, 0.3) is 11.3 Å². The quantitative estimate of drug-likeness (QED) is 0.181. The molecule has 1 heterocycles. The maximum absolute atomic E-state index is 15.4. The van der Waals surface area contributed by atoms with Gasteiger partial charge < -0.3 is 14.8 Å². The first kappa shape index (κ1) is 29.2. The third-order valence-electron chi connectivity index (χ3n) is 6.22. The smallest absolute Gasteiger partial charge is 0.268 e. The summed E-state index contributed by atoms with van der Waals surface area (Å²) in [5, 5.41) is 2.98. The molecule has 0 radical (unpaired) electrons. The first-order chi connectivity index (χ1) is 19.2. The fraction of sp³-hybridized carbons (Fsp3) is 0.267. The van der Waals surface area contributed by atoms with Crippen molar-refractivity contribution in [2.24, 2.45) is 0 Å². The fourth-order valence-electron chi connectivity index (χ4n) is 4.18. The predicted molar refractivity (Wildman–Crippen MR) is 147 cm³/mol. The number of benzene rings is 3. The largest absolute Gasteiger partial charge is 0.494 e. The second-order valence-electron chi connectivity index (χ2n) is 9.26. The lowest BCUT2D eigenvalue weighted by Gasteiger charge is -2.14. The number of halogens is 3. The van der Waals surface area contributed by atoms with Crippen molar-refractivity contribution in [2.75, 3.05) is 13.7 Å². The van der Waals surface area contributed by atoms with E-state index in [1.54, 1.807) is 25.2 Å². The standard InChI is InChI=1S/C30H31F3N2O4S/c1-3-4-5-13-38-24-7-6-8-26(16-24)40(36,37)35-19-21(18-34-2)14-30(35)27-11-10-25(17-29(27)33)39-20-22-15-23(31)9-12-28(22)32/h6-12,14-17,19,34H,3-5,13,18,20H2,1-2H3. The highest BCUT2D eigenvalue weighted by atomic mass is 32.2. The number of nitrogens with zero attached hydrogens (tertiary/aromatic N) is 1. The predicted octanol–water partition coefficient (Wildman–Crippen LogP) is 6.68. The molecule has 0 saturated heterocycles. The molecule has 0 atom stereocenters. The van der Waals surface area contributed by atoms with Crippen molar-refractivity contribution in [3.05, 3.63) is 102 Å². The van der Waals surface area contributed by atoms with Crippen LogP contribution in [0.2, 0.25) is 0 Å². The number of aromatic nitrogens is 1. The molecular weight excluding hydrogens is 541 g/mol. The number of ether oxygens (including phenoxy) is 2. The van der Waals surface area contributed by atoms with E-state index < -0.39 is 27.5 Å². The zero-order valence-electron chi connectivity index (χ0n) is 22.3. The Bertz CT molecular complexity index is 1570. The normalized spacial score (nSPS) is 11.5. The number of rotatable bonds is 13. The molecule has 4 rings (SSSR count). The van der Waals surface area contributed by atoms with E-state index >= 15 is 4.39 Å². The van der Waals surface area contributed by atoms with Gasteiger partial charge in [0.15, 0.2) is 0 Å². The molecule has 10 heteroatoms. The molecule has 1 aromatic heterocycles. The Morgan fingerprint density at radius 3 is 2.42 bits per heavy atom. The lowest BCUT2D eigenvalue weighted by Crippen LogP contribution is -2.14. The summed E-state index contributed by atoms with van der Waals surface area (Å²) in [6.07, 6.45) is 4.36. The van der Waals surface area contributed by atoms with Crippen LogP contribution in [0.3, 0.4) is 0 Å². The van der Waals surface area contributed by atoms with Gasteiger partial charge in [-0.25, -0.2) is 25.6 Å². The monoisotopic (exact) mass is 572 g/mol. The van der Waals surface area contributed by atoms with Gasteiger partial charge in [-0.05, 0) is 67.6 Å². The third kappa shape index (κ3) is 6.86. The molecule has 0 aliphatic heterocycles. The minimum atomic E-state index is -4.12. The van der Waals surface area contributed by atoms with Gasteiger partial charge in [0.25, 0.3) is 10.0 Å². The van der Waals surface area contributed by atoms with Gasteiger partial charge in [-0.2, -0.15) is 0 Å². The second kappa shape index (κ2) is 13.1. The van der Waals surface area contributed by atoms with Crippen LogP contribution < -0.4 is 14.8 Å². The Morgan fingerprint density at radius 2 is 1.68 bits per heavy atom. The average molecular weight is 573 g/mol. The summed E-state index contributed by atoms with van der Waals surface area (Å²) in [5.41, 5.74) is 0.772. The maximum Gasteiger partial charge on any atom is 0.268 e. The van der Waals surface area contributed by atoms with Crippen molar-refractivity contribution < 1.29 is 31.1 Å². The van der Waals surface area contributed by atoms with Crippen LogP contribution in [-0.4, -0.2) is 26.0 Å². The Morgan fingerprint density at radius 1 is 0.875 bits per heavy atom. The van der Waals surface area contributed by atoms with Crippen molar-refractivity contribution in [1.29, 1.82) is 0 Å². The molecule has 0 saturated carbocycles. The van der Waals surface area contributed by atoms with Crippen LogP contribution in [-0.2, 0) is 23.2 Å². The minimum Gasteiger partial charge on any atom is -0.494 e. The number of unbranched alkanes of at least 4 members (excludes halogenated alkanes) is 2. The highest BCUT2D eigenvalue weighted by Crippen LogP contribution is 2.32. The average Bonchev–Trinajstić information content (AvgIpc) is 3.36. The molecule has 40 heavy (non-hydrogen) atoms. The Kier molecular flexibility index (Phi) is 9.54. The van der Waals surface area contributed by atoms with Crippen molar-refractivity contribution in [3.8, 4) is 22.8 Å². The molecule has 0 spiro atoms. The Balaban J connectivity index is 1.63. The summed E-state index contributed by atoms with van der Waals surface area (Å²) in [7, 11) is -2.40. The number of nitrogens with one attached hydrogen (secondary N) is 1. The summed E-state index contributed by atoms with van der Waals surface area (Å²) in [4.78, 5) is 0.00540. The van der Waals surface area contributed by atoms with Crippen LogP contribution in [0.15, 0.2) is 77.8 Å². The molecule has 6 nitrogen and oxygen atoms in total. The second-order valence-corrected chi connectivity index (χ2v) is 11.1. The Labute approximate surface area is 232 Å². The van der Waals surface area contributed by atoms with Crippen LogP contribution in [0.5, 0.6) is 11.5 Å². The highest BCUT2D eigenvalue weighted by Gasteiger charge is 2.24. The summed E-state index contributed by atoms with van der Waals surface area (Å²) in [6.45, 7) is 2.61. The van der Waals surface area contributed by atoms with Gasteiger partial charge in [-0.15, -0.1) is 0 Å². The third-order valence-corrected chi connectivity index (χ3v) is 7.89. The zero-order valence-corrected chi connectivity index (χ0v) is 23.1. The van der Waals surface area contributed by atoms with Crippen molar-refractivity contribution in [1.82, 2.24) is 9.29 Å². The minimum absolute atomic E-state index is 0.00540. The molecular formula is C30H31F3N2O4S. The van der Waals surface area contributed by atoms with E-state index in [2.05, 4.69) is 12.2 Å². The zero-order chi connectivity index (χ0) is 28.7. The maximum atomic E-state index is 15.4. The molecule has 212 valence electrons. The van der Waals surface area contributed by atoms with E-state index in [-0.39, 0.29) is 34.1 Å². The van der Waals surface area contributed by atoms with Gasteiger partial charge in [0.2, 0.25) is 0 Å². The first-order valence-corrected chi connectivity index (χ1v) is 14.4. The number of hydrogen-bond donors (Lipinski definition) is 1. The molecule has 0 aliphatic carbocycles. The molecule has 0 fully saturated rings. The summed E-state index contributed by atoms with van der Waals surface area (Å²) >= 11 is 0. The lowest BCUT2D eigenvalue weighted by atomic mass is 10.1. The van der Waals surface area contributed by atoms with Crippen LogP contribution in [0, 0.1) is 17.5 Å². The topological polar surface area (TPSA) is 69.6 Å². The molecule has 0 aliphatic rings. The molecule has 3 aromatic carbocycles. The van der Waals surface area contributed by atoms with E-state index in [9.17, 15) is 17.2 Å². The van der Waals surface area contributed by atoms with Gasteiger partial charge >= 0.3 is 0 Å². The fourth-order valence-corrected chi connectivity index (χ4v) is 5.61. The van der Waals surface area contributed by atoms with Crippen molar-refractivity contribution in [2.45, 2.75) is 44.2 Å². The molecule has 0 bridgehead atoms. The molecule has 4 aromatic rings. The summed E-state index contributed by atoms with van der Waals surface area (Å²) in [5.74, 6) is -1.49. The SMILES string of the molecule is CCCCCOc1cccc(S(=O)(=O)n2cc(CNC)cc2-c2ccc(OCc3cc(F)ccc3F)cc2F)c1.